The number of benzene rings is 1. The van der Waals surface area contributed by atoms with E-state index >= 15 is 0 Å². The van der Waals surface area contributed by atoms with Gasteiger partial charge in [-0.1, -0.05) is 36.9 Å². The number of nitrogens with zero attached hydrogens (tertiary/aromatic N) is 1. The van der Waals surface area contributed by atoms with Crippen LogP contribution in [0.1, 0.15) is 5.56 Å². The van der Waals surface area contributed by atoms with Crippen LogP contribution in [0.15, 0.2) is 49.7 Å². The lowest BCUT2D eigenvalue weighted by Crippen LogP contribution is -1.90. The molecule has 1 heterocycles. The molecule has 0 saturated carbocycles. The van der Waals surface area contributed by atoms with Crippen molar-refractivity contribution in [2.75, 3.05) is 0 Å². The summed E-state index contributed by atoms with van der Waals surface area (Å²) in [5.41, 5.74) is 2.42. The van der Waals surface area contributed by atoms with Crippen molar-refractivity contribution < 1.29 is 0 Å². The second-order valence-corrected chi connectivity index (χ2v) is 3.25. The first-order chi connectivity index (χ1) is 6.86. The van der Waals surface area contributed by atoms with Gasteiger partial charge in [0.05, 0.1) is 0 Å². The van der Waals surface area contributed by atoms with Gasteiger partial charge < -0.3 is 4.57 Å². The zero-order chi connectivity index (χ0) is 9.97. The van der Waals surface area contributed by atoms with E-state index in [4.69, 9.17) is 0 Å². The molecule has 0 atom stereocenters. The molecule has 0 aliphatic carbocycles. The average Bonchev–Trinajstić information content (AvgIpc) is 2.58. The highest BCUT2D eigenvalue weighted by Gasteiger charge is 2.03. The molecule has 0 bridgehead atoms. The van der Waals surface area contributed by atoms with Gasteiger partial charge in [-0.3, -0.25) is 0 Å². The summed E-state index contributed by atoms with van der Waals surface area (Å²) in [6, 6.07) is 8.33. The summed E-state index contributed by atoms with van der Waals surface area (Å²) in [5.74, 6) is 0. The molecule has 0 radical (unpaired) electrons. The maximum absolute atomic E-state index is 3.82. The summed E-state index contributed by atoms with van der Waals surface area (Å²) in [5, 5.41) is 1.25. The molecule has 0 spiro atoms. The number of para-hydroxylation sites is 1. The van der Waals surface area contributed by atoms with E-state index in [1.165, 1.54) is 16.5 Å². The van der Waals surface area contributed by atoms with Crippen molar-refractivity contribution in [2.45, 2.75) is 6.54 Å². The number of rotatable bonds is 3. The molecular weight excluding hydrogens is 170 g/mol. The third-order valence-electron chi connectivity index (χ3n) is 2.37. The minimum absolute atomic E-state index is 0.842. The Balaban J connectivity index is 2.72. The molecule has 2 aromatic rings. The number of fused-ring (bicyclic) bond motifs is 1. The molecule has 0 unspecified atom stereocenters. The van der Waals surface area contributed by atoms with E-state index in [2.05, 4.69) is 42.1 Å². The van der Waals surface area contributed by atoms with Crippen LogP contribution in [-0.4, -0.2) is 4.57 Å². The van der Waals surface area contributed by atoms with Gasteiger partial charge in [0.25, 0.3) is 0 Å². The second kappa shape index (κ2) is 3.54. The largest absolute Gasteiger partial charge is 0.343 e. The molecule has 0 aliphatic heterocycles. The van der Waals surface area contributed by atoms with E-state index in [1.54, 1.807) is 0 Å². The van der Waals surface area contributed by atoms with Gasteiger partial charge >= 0.3 is 0 Å². The van der Waals surface area contributed by atoms with Crippen LogP contribution < -0.4 is 0 Å². The molecule has 0 saturated heterocycles. The van der Waals surface area contributed by atoms with Crippen LogP contribution in [0.25, 0.3) is 17.0 Å². The van der Waals surface area contributed by atoms with Crippen molar-refractivity contribution in [2.24, 2.45) is 0 Å². The maximum Gasteiger partial charge on any atom is 0.0489 e. The van der Waals surface area contributed by atoms with E-state index in [-0.39, 0.29) is 0 Å². The van der Waals surface area contributed by atoms with Crippen molar-refractivity contribution in [3.05, 3.63) is 55.3 Å². The van der Waals surface area contributed by atoms with E-state index in [9.17, 15) is 0 Å². The number of hydrogen-bond donors (Lipinski definition) is 0. The molecule has 70 valence electrons. The summed E-state index contributed by atoms with van der Waals surface area (Å²) in [7, 11) is 0. The van der Waals surface area contributed by atoms with Gasteiger partial charge in [0.15, 0.2) is 0 Å². The molecule has 0 aliphatic rings. The Morgan fingerprint density at radius 2 is 2.00 bits per heavy atom. The van der Waals surface area contributed by atoms with Gasteiger partial charge in [0, 0.05) is 23.6 Å². The lowest BCUT2D eigenvalue weighted by molar-refractivity contribution is 0.865. The minimum atomic E-state index is 0.842. The summed E-state index contributed by atoms with van der Waals surface area (Å²) >= 11 is 0. The average molecular weight is 183 g/mol. The fourth-order valence-corrected chi connectivity index (χ4v) is 1.73. The van der Waals surface area contributed by atoms with E-state index < -0.39 is 0 Å². The zero-order valence-corrected chi connectivity index (χ0v) is 8.11. The van der Waals surface area contributed by atoms with Gasteiger partial charge in [0.2, 0.25) is 0 Å². The first-order valence-electron chi connectivity index (χ1n) is 4.68. The van der Waals surface area contributed by atoms with Gasteiger partial charge in [-0.15, -0.1) is 6.58 Å². The molecule has 1 nitrogen and oxygen atoms in total. The summed E-state index contributed by atoms with van der Waals surface area (Å²) in [6.45, 7) is 8.41. The predicted molar refractivity (Wildman–Crippen MR) is 62.2 cm³/mol. The lowest BCUT2D eigenvalue weighted by atomic mass is 10.2. The highest BCUT2D eigenvalue weighted by atomic mass is 14.9. The summed E-state index contributed by atoms with van der Waals surface area (Å²) in [6.07, 6.45) is 5.90. The lowest BCUT2D eigenvalue weighted by Gasteiger charge is -1.98. The third-order valence-corrected chi connectivity index (χ3v) is 2.37. The van der Waals surface area contributed by atoms with Gasteiger partial charge in [0.1, 0.15) is 0 Å². The van der Waals surface area contributed by atoms with E-state index in [1.807, 2.05) is 18.2 Å². The Bertz CT molecular complexity index is 477. The molecular formula is C13H13N. The molecule has 1 aromatic heterocycles. The Morgan fingerprint density at radius 3 is 2.71 bits per heavy atom. The first kappa shape index (κ1) is 8.82. The predicted octanol–water partition coefficient (Wildman–Crippen LogP) is 3.47. The number of aromatic nitrogens is 1. The van der Waals surface area contributed by atoms with Crippen LogP contribution in [-0.2, 0) is 6.54 Å². The van der Waals surface area contributed by atoms with E-state index in [0.717, 1.165) is 6.54 Å². The van der Waals surface area contributed by atoms with Gasteiger partial charge in [-0.05, 0) is 11.6 Å². The SMILES string of the molecule is C=CCn1cc(C=C)c2ccccc21. The summed E-state index contributed by atoms with van der Waals surface area (Å²) < 4.78 is 2.18. The zero-order valence-electron chi connectivity index (χ0n) is 8.11. The van der Waals surface area contributed by atoms with Crippen molar-refractivity contribution in [3.63, 3.8) is 0 Å². The first-order valence-corrected chi connectivity index (χ1v) is 4.68. The third kappa shape index (κ3) is 1.27. The molecule has 14 heavy (non-hydrogen) atoms. The molecule has 0 fully saturated rings. The smallest absolute Gasteiger partial charge is 0.0489 e. The highest BCUT2D eigenvalue weighted by Crippen LogP contribution is 2.21. The van der Waals surface area contributed by atoms with Crippen molar-refractivity contribution in [3.8, 4) is 0 Å². The normalized spacial score (nSPS) is 10.3. The Labute approximate surface area is 84.0 Å². The van der Waals surface area contributed by atoms with Crippen molar-refractivity contribution in [1.29, 1.82) is 0 Å². The second-order valence-electron chi connectivity index (χ2n) is 3.25. The van der Waals surface area contributed by atoms with E-state index in [0.29, 0.717) is 0 Å². The maximum atomic E-state index is 3.82. The highest BCUT2D eigenvalue weighted by molar-refractivity contribution is 5.89. The van der Waals surface area contributed by atoms with Crippen LogP contribution in [0.2, 0.25) is 0 Å². The quantitative estimate of drug-likeness (QED) is 0.642. The molecule has 0 amide bonds. The molecule has 2 rings (SSSR count). The van der Waals surface area contributed by atoms with Crippen LogP contribution in [0.5, 0.6) is 0 Å². The fraction of sp³-hybridized carbons (Fsp3) is 0.0769. The Kier molecular flexibility index (Phi) is 2.23. The monoisotopic (exact) mass is 183 g/mol. The number of hydrogen-bond acceptors (Lipinski definition) is 0. The van der Waals surface area contributed by atoms with Crippen molar-refractivity contribution in [1.82, 2.24) is 4.57 Å². The topological polar surface area (TPSA) is 4.93 Å². The van der Waals surface area contributed by atoms with Crippen LogP contribution in [0.3, 0.4) is 0 Å². The van der Waals surface area contributed by atoms with Gasteiger partial charge in [-0.25, -0.2) is 0 Å². The number of allylic oxidation sites excluding steroid dienone is 1. The minimum Gasteiger partial charge on any atom is -0.343 e. The van der Waals surface area contributed by atoms with Crippen LogP contribution in [0.4, 0.5) is 0 Å². The molecule has 1 heteroatoms. The Morgan fingerprint density at radius 1 is 1.21 bits per heavy atom. The van der Waals surface area contributed by atoms with Gasteiger partial charge in [-0.2, -0.15) is 0 Å². The van der Waals surface area contributed by atoms with Crippen LogP contribution >= 0.6 is 0 Å². The molecule has 1 aromatic carbocycles. The fourth-order valence-electron chi connectivity index (χ4n) is 1.73. The van der Waals surface area contributed by atoms with Crippen LogP contribution in [0, 0.1) is 0 Å². The Hall–Kier alpha value is -1.76. The standard InChI is InChI=1S/C13H13N/c1-3-9-14-10-11(4-2)12-7-5-6-8-13(12)14/h3-8,10H,1-2,9H2. The summed E-state index contributed by atoms with van der Waals surface area (Å²) in [4.78, 5) is 0. The van der Waals surface area contributed by atoms with Crippen molar-refractivity contribution >= 4 is 17.0 Å². The molecule has 0 N–H and O–H groups in total.